The lowest BCUT2D eigenvalue weighted by atomic mass is 9.72. The van der Waals surface area contributed by atoms with Crippen LogP contribution in [0.4, 0.5) is 0 Å². The van der Waals surface area contributed by atoms with Crippen LogP contribution in [0.5, 0.6) is 5.88 Å². The Kier molecular flexibility index (Phi) is 8.59. The maximum atomic E-state index is 14.1. The minimum Gasteiger partial charge on any atom is -0.481 e. The molecule has 37 heavy (non-hydrogen) atoms. The summed E-state index contributed by atoms with van der Waals surface area (Å²) in [5.74, 6) is -0.913. The highest BCUT2D eigenvalue weighted by Gasteiger charge is 2.58. The zero-order valence-electron chi connectivity index (χ0n) is 22.1. The number of aromatic nitrogens is 1. The zero-order valence-corrected chi connectivity index (χ0v) is 23.7. The van der Waals surface area contributed by atoms with E-state index in [-0.39, 0.29) is 29.2 Å². The lowest BCUT2D eigenvalue weighted by molar-refractivity contribution is -0.154. The minimum atomic E-state index is -0.948. The van der Waals surface area contributed by atoms with Crippen LogP contribution in [0.1, 0.15) is 70.0 Å². The van der Waals surface area contributed by atoms with E-state index in [0.29, 0.717) is 12.4 Å². The number of halogens is 1. The Morgan fingerprint density at radius 3 is 2.43 bits per heavy atom. The predicted molar refractivity (Wildman–Crippen MR) is 146 cm³/mol. The van der Waals surface area contributed by atoms with E-state index in [9.17, 15) is 14.7 Å². The van der Waals surface area contributed by atoms with Gasteiger partial charge in [-0.1, -0.05) is 70.4 Å². The highest BCUT2D eigenvalue weighted by molar-refractivity contribution is 9.10. The molecule has 2 fully saturated rings. The molecule has 1 aromatic heterocycles. The van der Waals surface area contributed by atoms with E-state index < -0.39 is 18.1 Å². The largest absolute Gasteiger partial charge is 0.481 e. The van der Waals surface area contributed by atoms with Crippen LogP contribution in [0.2, 0.25) is 0 Å². The maximum Gasteiger partial charge on any atom is 0.326 e. The Balaban J connectivity index is 1.80. The summed E-state index contributed by atoms with van der Waals surface area (Å²) in [6.45, 7) is 6.63. The second-order valence-electron chi connectivity index (χ2n) is 11.3. The molecule has 0 spiro atoms. The number of likely N-dealkylation sites (tertiary alicyclic amines) is 1. The highest BCUT2D eigenvalue weighted by Crippen LogP contribution is 2.49. The Hall–Kier alpha value is -2.45. The number of carbonyl (C=O) groups is 2. The summed E-state index contributed by atoms with van der Waals surface area (Å²) >= 11 is 3.50. The number of nitrogens with zero attached hydrogens (tertiary/aromatic N) is 2. The van der Waals surface area contributed by atoms with E-state index in [1.807, 2.05) is 36.4 Å². The number of nitrogens with one attached hydrogen (secondary N) is 1. The third-order valence-electron chi connectivity index (χ3n) is 7.88. The van der Waals surface area contributed by atoms with Gasteiger partial charge in [0, 0.05) is 40.7 Å². The number of carbonyl (C=O) groups excluding carboxylic acids is 1. The van der Waals surface area contributed by atoms with Crippen LogP contribution in [0.3, 0.4) is 0 Å². The number of benzene rings is 1. The Morgan fingerprint density at radius 1 is 1.16 bits per heavy atom. The lowest BCUT2D eigenvalue weighted by Crippen LogP contribution is -2.49. The normalized spacial score (nSPS) is 24.7. The number of hydrogen-bond donors (Lipinski definition) is 2. The van der Waals surface area contributed by atoms with Gasteiger partial charge in [-0.15, -0.1) is 0 Å². The molecule has 1 saturated carbocycles. The van der Waals surface area contributed by atoms with E-state index in [2.05, 4.69) is 47.0 Å². The van der Waals surface area contributed by atoms with Gasteiger partial charge >= 0.3 is 5.97 Å². The first-order valence-electron chi connectivity index (χ1n) is 13.1. The quantitative estimate of drug-likeness (QED) is 0.450. The van der Waals surface area contributed by atoms with Crippen LogP contribution in [0.25, 0.3) is 0 Å². The number of hydrogen-bond acceptors (Lipinski definition) is 5. The van der Waals surface area contributed by atoms with Gasteiger partial charge in [-0.2, -0.15) is 0 Å². The SMILES string of the molecule is COc1ncc(Br)cc1CN[C@H]1[C@H](C(C)(C)C)[C@@H](C(=O)O)N(C(=O)C2CCCCC2)[C@H]1c1ccccc1. The van der Waals surface area contributed by atoms with Gasteiger partial charge in [0.15, 0.2) is 0 Å². The smallest absolute Gasteiger partial charge is 0.326 e. The number of rotatable bonds is 7. The van der Waals surface area contributed by atoms with Crippen molar-refractivity contribution in [2.75, 3.05) is 7.11 Å². The van der Waals surface area contributed by atoms with Crippen molar-refractivity contribution in [2.24, 2.45) is 17.3 Å². The van der Waals surface area contributed by atoms with Gasteiger partial charge in [0.05, 0.1) is 13.2 Å². The first-order valence-corrected chi connectivity index (χ1v) is 13.9. The molecule has 1 aliphatic carbocycles. The van der Waals surface area contributed by atoms with Crippen LogP contribution in [0.15, 0.2) is 47.1 Å². The van der Waals surface area contributed by atoms with Crippen LogP contribution in [0, 0.1) is 17.3 Å². The molecule has 0 unspecified atom stereocenters. The molecule has 0 bridgehead atoms. The molecule has 2 heterocycles. The molecule has 2 aromatic rings. The van der Waals surface area contributed by atoms with Gasteiger partial charge in [-0.05, 0) is 45.8 Å². The summed E-state index contributed by atoms with van der Waals surface area (Å²) in [6, 6.07) is 10.2. The maximum absolute atomic E-state index is 14.1. The van der Waals surface area contributed by atoms with Crippen molar-refractivity contribution >= 4 is 27.8 Å². The Bertz CT molecular complexity index is 1100. The molecule has 1 aromatic carbocycles. The van der Waals surface area contributed by atoms with Gasteiger partial charge in [0.25, 0.3) is 0 Å². The third-order valence-corrected chi connectivity index (χ3v) is 8.32. The number of amides is 1. The number of ether oxygens (including phenoxy) is 1. The fourth-order valence-corrected chi connectivity index (χ4v) is 6.67. The molecule has 1 amide bonds. The van der Waals surface area contributed by atoms with Crippen molar-refractivity contribution in [3.63, 3.8) is 0 Å². The van der Waals surface area contributed by atoms with Crippen molar-refractivity contribution in [3.8, 4) is 5.88 Å². The summed E-state index contributed by atoms with van der Waals surface area (Å²) in [5, 5.41) is 14.3. The van der Waals surface area contributed by atoms with Gasteiger partial charge < -0.3 is 20.1 Å². The lowest BCUT2D eigenvalue weighted by Gasteiger charge is -2.36. The summed E-state index contributed by atoms with van der Waals surface area (Å²) in [4.78, 5) is 33.2. The van der Waals surface area contributed by atoms with Crippen LogP contribution < -0.4 is 10.1 Å². The topological polar surface area (TPSA) is 91.8 Å². The third kappa shape index (κ3) is 5.85. The fourth-order valence-electron chi connectivity index (χ4n) is 6.29. The van der Waals surface area contributed by atoms with Crippen LogP contribution >= 0.6 is 15.9 Å². The molecule has 2 aliphatic rings. The summed E-state index contributed by atoms with van der Waals surface area (Å²) in [7, 11) is 1.59. The molecular weight excluding hydrogens is 534 g/mol. The number of carboxylic acids is 1. The van der Waals surface area contributed by atoms with Crippen molar-refractivity contribution in [1.82, 2.24) is 15.2 Å². The average Bonchev–Trinajstić information content (AvgIpc) is 3.24. The highest BCUT2D eigenvalue weighted by atomic mass is 79.9. The minimum absolute atomic E-state index is 0.0267. The van der Waals surface area contributed by atoms with E-state index in [1.165, 1.54) is 0 Å². The van der Waals surface area contributed by atoms with Crippen molar-refractivity contribution in [3.05, 3.63) is 58.2 Å². The molecule has 8 heteroatoms. The monoisotopic (exact) mass is 571 g/mol. The van der Waals surface area contributed by atoms with Crippen molar-refractivity contribution in [1.29, 1.82) is 0 Å². The van der Waals surface area contributed by atoms with E-state index in [4.69, 9.17) is 4.74 Å². The molecule has 2 N–H and O–H groups in total. The average molecular weight is 573 g/mol. The first-order chi connectivity index (χ1) is 17.6. The molecule has 4 rings (SSSR count). The summed E-state index contributed by atoms with van der Waals surface area (Å²) < 4.78 is 6.32. The van der Waals surface area contributed by atoms with Crippen LogP contribution in [-0.4, -0.2) is 46.1 Å². The molecule has 0 radical (unpaired) electrons. The van der Waals surface area contributed by atoms with Crippen molar-refractivity contribution < 1.29 is 19.4 Å². The first kappa shape index (κ1) is 27.6. The summed E-state index contributed by atoms with van der Waals surface area (Å²) in [6.07, 6.45) is 6.49. The number of methoxy groups -OCH3 is 1. The van der Waals surface area contributed by atoms with E-state index in [1.54, 1.807) is 18.2 Å². The van der Waals surface area contributed by atoms with Gasteiger partial charge in [0.1, 0.15) is 6.04 Å². The number of aliphatic carboxylic acids is 1. The molecule has 4 atom stereocenters. The summed E-state index contributed by atoms with van der Waals surface area (Å²) in [5.41, 5.74) is 1.43. The molecule has 1 aliphatic heterocycles. The fraction of sp³-hybridized carbons (Fsp3) is 0.552. The van der Waals surface area contributed by atoms with Crippen molar-refractivity contribution in [2.45, 2.75) is 77.5 Å². The van der Waals surface area contributed by atoms with Gasteiger partial charge in [-0.25, -0.2) is 9.78 Å². The molecule has 1 saturated heterocycles. The van der Waals surface area contributed by atoms with Gasteiger partial charge in [0.2, 0.25) is 11.8 Å². The second-order valence-corrected chi connectivity index (χ2v) is 12.3. The second kappa shape index (κ2) is 11.5. The molecule has 7 nitrogen and oxygen atoms in total. The van der Waals surface area contributed by atoms with E-state index in [0.717, 1.165) is 47.7 Å². The standard InChI is InChI=1S/C29H38BrN3O4/c1-29(2,3)22-23(31-16-20-15-21(30)17-32-26(20)37-4)24(18-11-7-5-8-12-18)33(25(22)28(35)36)27(34)19-13-9-6-10-14-19/h5,7-8,11-12,15,17,19,22-25,31H,6,9-10,13-14,16H2,1-4H3,(H,35,36)/t22-,23-,24-,25-/m0/s1. The zero-order chi connectivity index (χ0) is 26.7. The number of carboxylic acid groups (broad SMARTS) is 1. The molecular formula is C29H38BrN3O4. The number of pyridine rings is 1. The Morgan fingerprint density at radius 2 is 1.84 bits per heavy atom. The predicted octanol–water partition coefficient (Wildman–Crippen LogP) is 5.59. The Labute approximate surface area is 228 Å². The van der Waals surface area contributed by atoms with Crippen LogP contribution in [-0.2, 0) is 16.1 Å². The van der Waals surface area contributed by atoms with Gasteiger partial charge in [-0.3, -0.25) is 4.79 Å². The molecule has 200 valence electrons. The van der Waals surface area contributed by atoms with E-state index >= 15 is 0 Å².